The Morgan fingerprint density at radius 3 is 0.962 bits per heavy atom. The van der Waals surface area contributed by atoms with Gasteiger partial charge in [0.25, 0.3) is 0 Å². The molecule has 0 aromatic heterocycles. The van der Waals surface area contributed by atoms with E-state index in [1.54, 1.807) is 0 Å². The fraction of sp³-hybridized carbons (Fsp3) is 0.846. The quantitative estimate of drug-likeness (QED) is 0.0785. The van der Waals surface area contributed by atoms with E-state index in [1.807, 2.05) is 0 Å². The highest BCUT2D eigenvalue weighted by Gasteiger charge is 1.99. The van der Waals surface area contributed by atoms with Crippen molar-refractivity contribution in [1.82, 2.24) is 0 Å². The van der Waals surface area contributed by atoms with E-state index in [0.29, 0.717) is 145 Å². The number of hydrogen-bond acceptors (Lipinski definition) is 12. The summed E-state index contributed by atoms with van der Waals surface area (Å²) in [6.45, 7) is 12.8. The van der Waals surface area contributed by atoms with E-state index in [9.17, 15) is 4.39 Å². The van der Waals surface area contributed by atoms with Gasteiger partial charge in [0.05, 0.1) is 145 Å². The minimum Gasteiger partial charge on any atom is -0.491 e. The second-order valence-corrected chi connectivity index (χ2v) is 11.8. The third kappa shape index (κ3) is 36.9. The summed E-state index contributed by atoms with van der Waals surface area (Å²) in [5.74, 6) is 0.884. The maximum Gasteiger partial charge on any atom is 0.119 e. The molecule has 306 valence electrons. The highest BCUT2D eigenvalue weighted by atomic mass is 19.1. The zero-order chi connectivity index (χ0) is 37.1. The van der Waals surface area contributed by atoms with Crippen LogP contribution < -0.4 is 4.74 Å². The standard InChI is InChI=1S/C39H71FO12/c1-2-3-4-5-6-7-8-9-38-10-12-39(13-11-38)52-37-36-51-35-34-50-33-32-49-31-30-48-29-28-47-27-26-46-25-24-45-23-22-44-21-20-43-19-18-42-17-16-41-15-14-40/h10-13H,2-9,14-37H2,1H3. The summed E-state index contributed by atoms with van der Waals surface area (Å²) in [6.07, 6.45) is 10.5. The second-order valence-electron chi connectivity index (χ2n) is 11.8. The lowest BCUT2D eigenvalue weighted by molar-refractivity contribution is -0.0278. The molecule has 0 bridgehead atoms. The molecule has 0 aliphatic heterocycles. The van der Waals surface area contributed by atoms with Crippen molar-refractivity contribution < 1.29 is 61.2 Å². The molecule has 0 amide bonds. The Labute approximate surface area is 313 Å². The number of benzene rings is 1. The molecular weight excluding hydrogens is 679 g/mol. The Kier molecular flexibility index (Phi) is 39.4. The van der Waals surface area contributed by atoms with Gasteiger partial charge in [-0.25, -0.2) is 4.39 Å². The number of hydrogen-bond donors (Lipinski definition) is 0. The van der Waals surface area contributed by atoms with Gasteiger partial charge in [-0.3, -0.25) is 0 Å². The third-order valence-electron chi connectivity index (χ3n) is 7.43. The molecular formula is C39H71FO12. The molecule has 0 unspecified atom stereocenters. The zero-order valence-corrected chi connectivity index (χ0v) is 32.2. The first-order chi connectivity index (χ1) is 25.9. The number of alkyl halides is 1. The summed E-state index contributed by atoms with van der Waals surface area (Å²) in [5.41, 5.74) is 1.38. The summed E-state index contributed by atoms with van der Waals surface area (Å²) in [5, 5.41) is 0. The Morgan fingerprint density at radius 1 is 0.346 bits per heavy atom. The summed E-state index contributed by atoms with van der Waals surface area (Å²) in [7, 11) is 0. The molecule has 13 heteroatoms. The molecule has 0 spiro atoms. The molecule has 0 saturated heterocycles. The van der Waals surface area contributed by atoms with Crippen LogP contribution >= 0.6 is 0 Å². The molecule has 52 heavy (non-hydrogen) atoms. The Bertz CT molecular complexity index is 808. The van der Waals surface area contributed by atoms with Crippen LogP contribution in [0.3, 0.4) is 0 Å². The lowest BCUT2D eigenvalue weighted by Crippen LogP contribution is -2.15. The van der Waals surface area contributed by atoms with Crippen LogP contribution in [0.4, 0.5) is 4.39 Å². The summed E-state index contributed by atoms with van der Waals surface area (Å²) >= 11 is 0. The van der Waals surface area contributed by atoms with Gasteiger partial charge in [-0.05, 0) is 30.5 Å². The normalized spacial score (nSPS) is 11.5. The van der Waals surface area contributed by atoms with Crippen molar-refractivity contribution in [3.63, 3.8) is 0 Å². The first-order valence-electron chi connectivity index (χ1n) is 19.5. The van der Waals surface area contributed by atoms with Gasteiger partial charge in [0.15, 0.2) is 0 Å². The van der Waals surface area contributed by atoms with E-state index in [-0.39, 0.29) is 6.61 Å². The van der Waals surface area contributed by atoms with Crippen LogP contribution in [-0.2, 0) is 58.5 Å². The molecule has 0 saturated carbocycles. The van der Waals surface area contributed by atoms with Crippen LogP contribution in [0.2, 0.25) is 0 Å². The highest BCUT2D eigenvalue weighted by Crippen LogP contribution is 2.15. The molecule has 0 aliphatic carbocycles. The molecule has 12 nitrogen and oxygen atoms in total. The maximum atomic E-state index is 11.8. The van der Waals surface area contributed by atoms with Crippen LogP contribution in [0.1, 0.15) is 57.4 Å². The monoisotopic (exact) mass is 750 g/mol. The van der Waals surface area contributed by atoms with Gasteiger partial charge in [-0.1, -0.05) is 57.6 Å². The van der Waals surface area contributed by atoms with E-state index in [4.69, 9.17) is 56.8 Å². The summed E-state index contributed by atoms with van der Waals surface area (Å²) < 4.78 is 77.3. The summed E-state index contributed by atoms with van der Waals surface area (Å²) in [6, 6.07) is 8.44. The largest absolute Gasteiger partial charge is 0.491 e. The van der Waals surface area contributed by atoms with Crippen LogP contribution in [0, 0.1) is 0 Å². The maximum absolute atomic E-state index is 11.8. The van der Waals surface area contributed by atoms with Gasteiger partial charge in [0, 0.05) is 0 Å². The third-order valence-corrected chi connectivity index (χ3v) is 7.43. The minimum atomic E-state index is -0.475. The Hall–Kier alpha value is -1.49. The molecule has 0 aliphatic rings. The second kappa shape index (κ2) is 42.3. The lowest BCUT2D eigenvalue weighted by atomic mass is 10.0. The Balaban J connectivity index is 1.68. The first-order valence-corrected chi connectivity index (χ1v) is 19.5. The van der Waals surface area contributed by atoms with Crippen molar-refractivity contribution in [2.45, 2.75) is 58.3 Å². The fourth-order valence-electron chi connectivity index (χ4n) is 4.61. The average Bonchev–Trinajstić information content (AvgIpc) is 3.16. The smallest absolute Gasteiger partial charge is 0.119 e. The molecule has 0 heterocycles. The van der Waals surface area contributed by atoms with Crippen LogP contribution in [0.15, 0.2) is 24.3 Å². The first kappa shape index (κ1) is 48.5. The topological polar surface area (TPSA) is 111 Å². The van der Waals surface area contributed by atoms with Crippen LogP contribution in [-0.4, -0.2) is 159 Å². The lowest BCUT2D eigenvalue weighted by Gasteiger charge is -2.09. The van der Waals surface area contributed by atoms with Crippen molar-refractivity contribution in [3.05, 3.63) is 29.8 Å². The van der Waals surface area contributed by atoms with E-state index < -0.39 is 6.67 Å². The van der Waals surface area contributed by atoms with Crippen molar-refractivity contribution >= 4 is 0 Å². The van der Waals surface area contributed by atoms with E-state index >= 15 is 0 Å². The number of halogens is 1. The van der Waals surface area contributed by atoms with Crippen molar-refractivity contribution in [2.24, 2.45) is 0 Å². The predicted octanol–water partition coefficient (Wildman–Crippen LogP) is 5.51. The average molecular weight is 751 g/mol. The molecule has 0 fully saturated rings. The van der Waals surface area contributed by atoms with Crippen LogP contribution in [0.25, 0.3) is 0 Å². The van der Waals surface area contributed by atoms with Gasteiger partial charge < -0.3 is 56.8 Å². The number of rotatable bonds is 44. The minimum absolute atomic E-state index is 0.113. The van der Waals surface area contributed by atoms with Gasteiger partial charge in [-0.2, -0.15) is 0 Å². The fourth-order valence-corrected chi connectivity index (χ4v) is 4.61. The molecule has 1 rings (SSSR count). The highest BCUT2D eigenvalue weighted by molar-refractivity contribution is 5.27. The van der Waals surface area contributed by atoms with E-state index in [2.05, 4.69) is 31.2 Å². The molecule has 0 N–H and O–H groups in total. The van der Waals surface area contributed by atoms with E-state index in [1.165, 1.54) is 50.5 Å². The van der Waals surface area contributed by atoms with Crippen molar-refractivity contribution in [2.75, 3.05) is 159 Å². The molecule has 1 aromatic carbocycles. The number of ether oxygens (including phenoxy) is 12. The molecule has 1 aromatic rings. The summed E-state index contributed by atoms with van der Waals surface area (Å²) in [4.78, 5) is 0. The van der Waals surface area contributed by atoms with Gasteiger partial charge in [-0.15, -0.1) is 0 Å². The Morgan fingerprint density at radius 2 is 0.635 bits per heavy atom. The van der Waals surface area contributed by atoms with Gasteiger partial charge in [0.1, 0.15) is 19.0 Å². The SMILES string of the molecule is CCCCCCCCCc1ccc(OCCOCCOCCOCCOCCOCCOCCOCCOCCOCCOCCOCCF)cc1. The number of aryl methyl sites for hydroxylation is 1. The van der Waals surface area contributed by atoms with Crippen molar-refractivity contribution in [3.8, 4) is 5.75 Å². The number of unbranched alkanes of at least 4 members (excludes halogenated alkanes) is 6. The van der Waals surface area contributed by atoms with Crippen molar-refractivity contribution in [1.29, 1.82) is 0 Å². The molecule has 0 radical (unpaired) electrons. The van der Waals surface area contributed by atoms with Gasteiger partial charge in [0.2, 0.25) is 0 Å². The predicted molar refractivity (Wildman–Crippen MR) is 199 cm³/mol. The molecule has 0 atom stereocenters. The van der Waals surface area contributed by atoms with Gasteiger partial charge >= 0.3 is 0 Å². The van der Waals surface area contributed by atoms with E-state index in [0.717, 1.165) is 12.2 Å². The zero-order valence-electron chi connectivity index (χ0n) is 32.2. The van der Waals surface area contributed by atoms with Crippen LogP contribution in [0.5, 0.6) is 5.75 Å².